The number of rotatable bonds is 7. The lowest BCUT2D eigenvalue weighted by atomic mass is 10.2. The molecule has 3 aromatic rings. The fraction of sp³-hybridized carbons (Fsp3) is 0.217. The van der Waals surface area contributed by atoms with Gasteiger partial charge in [0, 0.05) is 25.2 Å². The highest BCUT2D eigenvalue weighted by molar-refractivity contribution is 7.89. The van der Waals surface area contributed by atoms with Crippen molar-refractivity contribution in [1.29, 1.82) is 0 Å². The Morgan fingerprint density at radius 1 is 1.03 bits per heavy atom. The van der Waals surface area contributed by atoms with Crippen molar-refractivity contribution in [2.45, 2.75) is 11.4 Å². The van der Waals surface area contributed by atoms with Gasteiger partial charge in [-0.1, -0.05) is 42.5 Å². The zero-order valence-electron chi connectivity index (χ0n) is 17.4. The van der Waals surface area contributed by atoms with Gasteiger partial charge in [-0.25, -0.2) is 13.1 Å². The van der Waals surface area contributed by atoms with E-state index in [0.29, 0.717) is 38.7 Å². The molecule has 1 fully saturated rings. The van der Waals surface area contributed by atoms with Gasteiger partial charge in [-0.2, -0.15) is 9.40 Å². The molecule has 1 aliphatic heterocycles. The van der Waals surface area contributed by atoms with Gasteiger partial charge in [0.15, 0.2) is 0 Å². The van der Waals surface area contributed by atoms with Crippen LogP contribution in [-0.4, -0.2) is 54.7 Å². The standard InChI is InChI=1S/C23H24N4O4S/c28-23(25-22-12-13-24-27(22)18-20-4-2-1-3-5-20)11-8-19-6-9-21(10-7-19)32(29,30)26-14-16-31-17-15-26/h1-13H,14-18H2,(H,25,28)/b11-8+. The molecule has 9 heteroatoms. The Hall–Kier alpha value is -3.27. The summed E-state index contributed by atoms with van der Waals surface area (Å²) in [7, 11) is -3.53. The van der Waals surface area contributed by atoms with Crippen molar-refractivity contribution in [3.8, 4) is 0 Å². The Balaban J connectivity index is 1.38. The summed E-state index contributed by atoms with van der Waals surface area (Å²) in [5.74, 6) is 0.292. The van der Waals surface area contributed by atoms with E-state index in [9.17, 15) is 13.2 Å². The van der Waals surface area contributed by atoms with E-state index in [0.717, 1.165) is 11.1 Å². The van der Waals surface area contributed by atoms with E-state index in [1.807, 2.05) is 30.3 Å². The number of sulfonamides is 1. The van der Waals surface area contributed by atoms with Crippen LogP contribution in [0.3, 0.4) is 0 Å². The number of ether oxygens (including phenoxy) is 1. The molecule has 0 saturated carbocycles. The average Bonchev–Trinajstić information content (AvgIpc) is 3.25. The highest BCUT2D eigenvalue weighted by Gasteiger charge is 2.25. The molecule has 2 heterocycles. The van der Waals surface area contributed by atoms with Crippen LogP contribution < -0.4 is 5.32 Å². The minimum atomic E-state index is -3.53. The summed E-state index contributed by atoms with van der Waals surface area (Å²) in [5, 5.41) is 7.08. The van der Waals surface area contributed by atoms with Crippen molar-refractivity contribution in [3.05, 3.63) is 84.1 Å². The van der Waals surface area contributed by atoms with Gasteiger partial charge in [-0.05, 0) is 29.3 Å². The van der Waals surface area contributed by atoms with E-state index in [1.54, 1.807) is 47.3 Å². The number of nitrogens with one attached hydrogen (secondary N) is 1. The van der Waals surface area contributed by atoms with Crippen LogP contribution in [0.15, 0.2) is 77.8 Å². The third kappa shape index (κ3) is 5.31. The molecule has 1 amide bonds. The Kier molecular flexibility index (Phi) is 6.79. The predicted octanol–water partition coefficient (Wildman–Crippen LogP) is 2.60. The summed E-state index contributed by atoms with van der Waals surface area (Å²) in [4.78, 5) is 12.6. The monoisotopic (exact) mass is 452 g/mol. The molecular weight excluding hydrogens is 428 g/mol. The molecule has 1 aliphatic rings. The van der Waals surface area contributed by atoms with Crippen molar-refractivity contribution in [2.24, 2.45) is 0 Å². The molecule has 0 spiro atoms. The second kappa shape index (κ2) is 9.90. The van der Waals surface area contributed by atoms with Crippen LogP contribution in [0, 0.1) is 0 Å². The summed E-state index contributed by atoms with van der Waals surface area (Å²) in [6, 6.07) is 18.0. The molecule has 8 nitrogen and oxygen atoms in total. The summed E-state index contributed by atoms with van der Waals surface area (Å²) in [6.45, 7) is 2.06. The van der Waals surface area contributed by atoms with Crippen LogP contribution in [0.5, 0.6) is 0 Å². The molecule has 32 heavy (non-hydrogen) atoms. The van der Waals surface area contributed by atoms with Crippen LogP contribution in [0.2, 0.25) is 0 Å². The molecule has 166 valence electrons. The smallest absolute Gasteiger partial charge is 0.249 e. The number of aromatic nitrogens is 2. The van der Waals surface area contributed by atoms with Gasteiger partial charge in [0.25, 0.3) is 0 Å². The molecule has 0 radical (unpaired) electrons. The molecule has 0 bridgehead atoms. The van der Waals surface area contributed by atoms with Gasteiger partial charge in [0.1, 0.15) is 5.82 Å². The Labute approximate surface area is 187 Å². The predicted molar refractivity (Wildman–Crippen MR) is 121 cm³/mol. The van der Waals surface area contributed by atoms with Gasteiger partial charge in [-0.15, -0.1) is 0 Å². The number of hydrogen-bond donors (Lipinski definition) is 1. The van der Waals surface area contributed by atoms with E-state index < -0.39 is 10.0 Å². The highest BCUT2D eigenvalue weighted by atomic mass is 32.2. The summed E-state index contributed by atoms with van der Waals surface area (Å²) in [6.07, 6.45) is 4.68. The van der Waals surface area contributed by atoms with Gasteiger partial charge in [0.2, 0.25) is 15.9 Å². The van der Waals surface area contributed by atoms with Crippen LogP contribution in [-0.2, 0) is 26.1 Å². The molecule has 0 atom stereocenters. The average molecular weight is 453 g/mol. The summed E-state index contributed by atoms with van der Waals surface area (Å²) < 4.78 is 33.7. The molecule has 1 saturated heterocycles. The fourth-order valence-corrected chi connectivity index (χ4v) is 4.76. The quantitative estimate of drug-likeness (QED) is 0.556. The Morgan fingerprint density at radius 3 is 2.47 bits per heavy atom. The maximum atomic E-state index is 12.7. The van der Waals surface area contributed by atoms with Crippen molar-refractivity contribution in [2.75, 3.05) is 31.6 Å². The third-order valence-corrected chi connectivity index (χ3v) is 6.97. The second-order valence-corrected chi connectivity index (χ2v) is 9.21. The van der Waals surface area contributed by atoms with Crippen LogP contribution in [0.25, 0.3) is 6.08 Å². The van der Waals surface area contributed by atoms with Crippen molar-refractivity contribution in [1.82, 2.24) is 14.1 Å². The maximum absolute atomic E-state index is 12.7. The molecule has 4 rings (SSSR count). The van der Waals surface area contributed by atoms with Crippen molar-refractivity contribution < 1.29 is 17.9 Å². The minimum Gasteiger partial charge on any atom is -0.379 e. The van der Waals surface area contributed by atoms with Crippen LogP contribution >= 0.6 is 0 Å². The number of carbonyl (C=O) groups excluding carboxylic acids is 1. The van der Waals surface area contributed by atoms with Crippen molar-refractivity contribution >= 4 is 27.8 Å². The second-order valence-electron chi connectivity index (χ2n) is 7.27. The number of hydrogen-bond acceptors (Lipinski definition) is 5. The normalized spacial score (nSPS) is 15.1. The highest BCUT2D eigenvalue weighted by Crippen LogP contribution is 2.18. The number of benzene rings is 2. The first-order valence-corrected chi connectivity index (χ1v) is 11.7. The first kappa shape index (κ1) is 21.9. The lowest BCUT2D eigenvalue weighted by Gasteiger charge is -2.26. The van der Waals surface area contributed by atoms with Gasteiger partial charge < -0.3 is 10.1 Å². The maximum Gasteiger partial charge on any atom is 0.249 e. The van der Waals surface area contributed by atoms with E-state index in [-0.39, 0.29) is 10.8 Å². The lowest BCUT2D eigenvalue weighted by molar-refractivity contribution is -0.111. The molecular formula is C23H24N4O4S. The number of morpholine rings is 1. The molecule has 0 aliphatic carbocycles. The van der Waals surface area contributed by atoms with Gasteiger partial charge >= 0.3 is 0 Å². The molecule has 1 aromatic heterocycles. The van der Waals surface area contributed by atoms with Crippen molar-refractivity contribution in [3.63, 3.8) is 0 Å². The molecule has 0 unspecified atom stereocenters. The van der Waals surface area contributed by atoms with E-state index in [4.69, 9.17) is 4.74 Å². The summed E-state index contributed by atoms with van der Waals surface area (Å²) >= 11 is 0. The van der Waals surface area contributed by atoms with E-state index >= 15 is 0 Å². The number of nitrogens with zero attached hydrogens (tertiary/aromatic N) is 3. The number of anilines is 1. The Morgan fingerprint density at radius 2 is 1.75 bits per heavy atom. The topological polar surface area (TPSA) is 93.5 Å². The van der Waals surface area contributed by atoms with Crippen LogP contribution in [0.4, 0.5) is 5.82 Å². The molecule has 2 aromatic carbocycles. The first-order chi connectivity index (χ1) is 15.5. The fourth-order valence-electron chi connectivity index (χ4n) is 3.35. The van der Waals surface area contributed by atoms with E-state index in [2.05, 4.69) is 10.4 Å². The van der Waals surface area contributed by atoms with E-state index in [1.165, 1.54) is 10.4 Å². The SMILES string of the molecule is O=C(/C=C/c1ccc(S(=O)(=O)N2CCOCC2)cc1)Nc1ccnn1Cc1ccccc1. The van der Waals surface area contributed by atoms with Gasteiger partial charge in [0.05, 0.1) is 30.9 Å². The number of carbonyl (C=O) groups is 1. The van der Waals surface area contributed by atoms with Gasteiger partial charge in [-0.3, -0.25) is 4.79 Å². The zero-order valence-corrected chi connectivity index (χ0v) is 18.2. The minimum absolute atomic E-state index is 0.228. The summed E-state index contributed by atoms with van der Waals surface area (Å²) in [5.41, 5.74) is 1.80. The number of amides is 1. The zero-order chi connectivity index (χ0) is 22.4. The largest absolute Gasteiger partial charge is 0.379 e. The first-order valence-electron chi connectivity index (χ1n) is 10.3. The third-order valence-electron chi connectivity index (χ3n) is 5.06. The lowest BCUT2D eigenvalue weighted by Crippen LogP contribution is -2.40. The Bertz CT molecular complexity index is 1180. The molecule has 1 N–H and O–H groups in total. The van der Waals surface area contributed by atoms with Crippen LogP contribution in [0.1, 0.15) is 11.1 Å².